The molecule has 2 rings (SSSR count). The molecule has 1 fully saturated rings. The van der Waals surface area contributed by atoms with Gasteiger partial charge in [0.2, 0.25) is 0 Å². The van der Waals surface area contributed by atoms with Crippen LogP contribution in [0.1, 0.15) is 25.7 Å². The zero-order valence-corrected chi connectivity index (χ0v) is 10.4. The molecule has 0 amide bonds. The van der Waals surface area contributed by atoms with E-state index in [-0.39, 0.29) is 5.97 Å². The molecule has 0 N–H and O–H groups in total. The van der Waals surface area contributed by atoms with E-state index in [1.54, 1.807) is 0 Å². The van der Waals surface area contributed by atoms with Crippen molar-refractivity contribution >= 4 is 5.97 Å². The molecule has 0 saturated heterocycles. The highest BCUT2D eigenvalue weighted by atomic mass is 16.5. The van der Waals surface area contributed by atoms with E-state index in [9.17, 15) is 4.79 Å². The largest absolute Gasteiger partial charge is 0.466 e. The van der Waals surface area contributed by atoms with Crippen molar-refractivity contribution in [3.05, 3.63) is 36.5 Å². The van der Waals surface area contributed by atoms with Crippen LogP contribution in [0.4, 0.5) is 0 Å². The molecule has 0 aliphatic heterocycles. The first-order chi connectivity index (χ1) is 8.17. The lowest BCUT2D eigenvalue weighted by Crippen LogP contribution is -2.31. The minimum absolute atomic E-state index is 0.178. The molecule has 92 valence electrons. The van der Waals surface area contributed by atoms with Crippen LogP contribution in [-0.4, -0.2) is 13.1 Å². The normalized spacial score (nSPS) is 32.4. The molecule has 17 heavy (non-hydrogen) atoms. The molecule has 0 bridgehead atoms. The van der Waals surface area contributed by atoms with E-state index >= 15 is 0 Å². The number of hydrogen-bond donors (Lipinski definition) is 0. The van der Waals surface area contributed by atoms with Crippen molar-refractivity contribution in [1.29, 1.82) is 0 Å². The van der Waals surface area contributed by atoms with Crippen molar-refractivity contribution in [2.24, 2.45) is 17.8 Å². The quantitative estimate of drug-likeness (QED) is 0.539. The number of hydrogen-bond acceptors (Lipinski definition) is 2. The first-order valence-electron chi connectivity index (χ1n) is 6.26. The molecule has 0 radical (unpaired) electrons. The lowest BCUT2D eigenvalue weighted by molar-refractivity contribution is -0.136. The van der Waals surface area contributed by atoms with E-state index < -0.39 is 0 Å². The number of fused-ring (bicyclic) bond motifs is 1. The lowest BCUT2D eigenvalue weighted by Gasteiger charge is -2.39. The molecule has 0 spiro atoms. The van der Waals surface area contributed by atoms with Crippen LogP contribution < -0.4 is 0 Å². The van der Waals surface area contributed by atoms with E-state index in [1.807, 2.05) is 6.08 Å². The van der Waals surface area contributed by atoms with Crippen LogP contribution in [0.15, 0.2) is 36.5 Å². The average molecular weight is 232 g/mol. The Labute approximate surface area is 103 Å². The van der Waals surface area contributed by atoms with Crippen LogP contribution in [-0.2, 0) is 9.53 Å². The van der Waals surface area contributed by atoms with Crippen LogP contribution in [0.2, 0.25) is 0 Å². The fourth-order valence-corrected chi connectivity index (χ4v) is 3.14. The standard InChI is InChI=1S/C15H20O2/c1-4-11-6-5-10(2)13-8-7-12(9-14(11)13)15(16)17-3/h4,9,11,13-14H,1-2,5-8H2,3H3. The molecule has 3 unspecified atom stereocenters. The molecule has 2 aliphatic carbocycles. The Hall–Kier alpha value is -1.31. The highest BCUT2D eigenvalue weighted by Gasteiger charge is 2.36. The fraction of sp³-hybridized carbons (Fsp3) is 0.533. The van der Waals surface area contributed by atoms with Gasteiger partial charge in [0.05, 0.1) is 7.11 Å². The van der Waals surface area contributed by atoms with Gasteiger partial charge in [-0.3, -0.25) is 0 Å². The maximum atomic E-state index is 11.6. The number of methoxy groups -OCH3 is 1. The highest BCUT2D eigenvalue weighted by Crippen LogP contribution is 2.45. The molecule has 0 aromatic heterocycles. The third-order valence-electron chi connectivity index (χ3n) is 4.15. The molecule has 2 nitrogen and oxygen atoms in total. The van der Waals surface area contributed by atoms with Gasteiger partial charge in [-0.25, -0.2) is 4.79 Å². The van der Waals surface area contributed by atoms with Gasteiger partial charge in [0, 0.05) is 5.57 Å². The van der Waals surface area contributed by atoms with Gasteiger partial charge in [0.15, 0.2) is 0 Å². The smallest absolute Gasteiger partial charge is 0.333 e. The summed E-state index contributed by atoms with van der Waals surface area (Å²) in [6.45, 7) is 8.09. The molecule has 3 atom stereocenters. The summed E-state index contributed by atoms with van der Waals surface area (Å²) in [5.74, 6) is 1.23. The van der Waals surface area contributed by atoms with Crippen molar-refractivity contribution in [2.45, 2.75) is 25.7 Å². The van der Waals surface area contributed by atoms with Crippen molar-refractivity contribution in [1.82, 2.24) is 0 Å². The summed E-state index contributed by atoms with van der Waals surface area (Å²) in [6, 6.07) is 0. The van der Waals surface area contributed by atoms with Gasteiger partial charge in [-0.1, -0.05) is 24.3 Å². The Bertz CT molecular complexity index is 378. The van der Waals surface area contributed by atoms with Crippen molar-refractivity contribution < 1.29 is 9.53 Å². The van der Waals surface area contributed by atoms with Gasteiger partial charge in [0.1, 0.15) is 0 Å². The zero-order valence-electron chi connectivity index (χ0n) is 10.4. The van der Waals surface area contributed by atoms with Gasteiger partial charge in [-0.2, -0.15) is 0 Å². The number of carbonyl (C=O) groups is 1. The lowest BCUT2D eigenvalue weighted by atomic mass is 9.65. The van der Waals surface area contributed by atoms with E-state index in [0.717, 1.165) is 31.3 Å². The topological polar surface area (TPSA) is 26.3 Å². The van der Waals surface area contributed by atoms with E-state index in [4.69, 9.17) is 4.74 Å². The van der Waals surface area contributed by atoms with E-state index in [2.05, 4.69) is 19.2 Å². The third-order valence-corrected chi connectivity index (χ3v) is 4.15. The van der Waals surface area contributed by atoms with Gasteiger partial charge >= 0.3 is 5.97 Å². The molecular weight excluding hydrogens is 212 g/mol. The third kappa shape index (κ3) is 2.21. The second-order valence-corrected chi connectivity index (χ2v) is 5.00. The van der Waals surface area contributed by atoms with Crippen LogP contribution in [0, 0.1) is 17.8 Å². The van der Waals surface area contributed by atoms with Gasteiger partial charge in [0.25, 0.3) is 0 Å². The van der Waals surface area contributed by atoms with Crippen LogP contribution >= 0.6 is 0 Å². The number of carbonyl (C=O) groups excluding carboxylic acids is 1. The summed E-state index contributed by atoms with van der Waals surface area (Å²) in [5, 5.41) is 0. The number of esters is 1. The summed E-state index contributed by atoms with van der Waals surface area (Å²) in [5.41, 5.74) is 2.17. The predicted molar refractivity (Wildman–Crippen MR) is 68.4 cm³/mol. The molecule has 2 heteroatoms. The van der Waals surface area contributed by atoms with Crippen LogP contribution in [0.3, 0.4) is 0 Å². The number of ether oxygens (including phenoxy) is 1. The monoisotopic (exact) mass is 232 g/mol. The van der Waals surface area contributed by atoms with Crippen molar-refractivity contribution in [3.8, 4) is 0 Å². The molecule has 2 aliphatic rings. The summed E-state index contributed by atoms with van der Waals surface area (Å²) >= 11 is 0. The summed E-state index contributed by atoms with van der Waals surface area (Å²) in [6.07, 6.45) is 8.18. The second kappa shape index (κ2) is 4.91. The highest BCUT2D eigenvalue weighted by molar-refractivity contribution is 5.88. The van der Waals surface area contributed by atoms with Gasteiger partial charge in [-0.15, -0.1) is 6.58 Å². The SMILES string of the molecule is C=CC1CCC(=C)C2CCC(C(=O)OC)=CC12. The molecular formula is C15H20O2. The Kier molecular flexibility index (Phi) is 3.51. The van der Waals surface area contributed by atoms with E-state index in [0.29, 0.717) is 17.8 Å². The average Bonchev–Trinajstić information content (AvgIpc) is 2.38. The Balaban J connectivity index is 2.26. The van der Waals surface area contributed by atoms with Gasteiger partial charge in [-0.05, 0) is 43.4 Å². The molecule has 1 saturated carbocycles. The van der Waals surface area contributed by atoms with Gasteiger partial charge < -0.3 is 4.74 Å². The maximum Gasteiger partial charge on any atom is 0.333 e. The number of allylic oxidation sites excluding steroid dienone is 3. The minimum atomic E-state index is -0.178. The van der Waals surface area contributed by atoms with E-state index in [1.165, 1.54) is 12.7 Å². The summed E-state index contributed by atoms with van der Waals surface area (Å²) < 4.78 is 4.81. The molecule has 0 heterocycles. The maximum absolute atomic E-state index is 11.6. The Morgan fingerprint density at radius 3 is 2.88 bits per heavy atom. The molecule has 0 aromatic carbocycles. The predicted octanol–water partition coefficient (Wildman–Crippen LogP) is 3.26. The Morgan fingerprint density at radius 1 is 1.47 bits per heavy atom. The van der Waals surface area contributed by atoms with Crippen molar-refractivity contribution in [3.63, 3.8) is 0 Å². The van der Waals surface area contributed by atoms with Crippen LogP contribution in [0.25, 0.3) is 0 Å². The fourth-order valence-electron chi connectivity index (χ4n) is 3.14. The van der Waals surface area contributed by atoms with Crippen LogP contribution in [0.5, 0.6) is 0 Å². The Morgan fingerprint density at radius 2 is 2.24 bits per heavy atom. The first-order valence-corrected chi connectivity index (χ1v) is 6.26. The summed E-state index contributed by atoms with van der Waals surface area (Å²) in [7, 11) is 1.44. The minimum Gasteiger partial charge on any atom is -0.466 e. The second-order valence-electron chi connectivity index (χ2n) is 5.00. The number of rotatable bonds is 2. The first kappa shape index (κ1) is 12.2. The van der Waals surface area contributed by atoms with Crippen molar-refractivity contribution in [2.75, 3.05) is 7.11 Å². The molecule has 0 aromatic rings. The zero-order chi connectivity index (χ0) is 12.4. The summed E-state index contributed by atoms with van der Waals surface area (Å²) in [4.78, 5) is 11.6.